The van der Waals surface area contributed by atoms with Crippen LogP contribution in [0.15, 0.2) is 30.9 Å². The summed E-state index contributed by atoms with van der Waals surface area (Å²) in [5, 5.41) is 5.67. The molecule has 2 unspecified atom stereocenters. The van der Waals surface area contributed by atoms with Crippen molar-refractivity contribution in [2.75, 3.05) is 6.54 Å². The third-order valence-electron chi connectivity index (χ3n) is 7.88. The average molecular weight is 549 g/mol. The molecule has 4 rings (SSSR count). The van der Waals surface area contributed by atoms with Crippen LogP contribution in [0.1, 0.15) is 46.2 Å². The van der Waals surface area contributed by atoms with Crippen LogP contribution < -0.4 is 16.4 Å². The largest absolute Gasteiger partial charge is 0.471 e. The number of nitrogens with zero attached hydrogens (tertiary/aromatic N) is 3. The number of likely N-dealkylation sites (tertiary alicyclic amines) is 1. The molecule has 10 nitrogen and oxygen atoms in total. The predicted molar refractivity (Wildman–Crippen MR) is 133 cm³/mol. The number of primary amides is 1. The van der Waals surface area contributed by atoms with Crippen molar-refractivity contribution in [2.24, 2.45) is 28.4 Å². The first-order valence-electron chi connectivity index (χ1n) is 12.4. The van der Waals surface area contributed by atoms with Crippen molar-refractivity contribution in [3.63, 3.8) is 0 Å². The molecule has 4 N–H and O–H groups in total. The van der Waals surface area contributed by atoms with Crippen LogP contribution in [-0.4, -0.2) is 63.3 Å². The van der Waals surface area contributed by atoms with E-state index in [9.17, 15) is 32.3 Å². The van der Waals surface area contributed by atoms with Crippen LogP contribution in [0.5, 0.6) is 0 Å². The molecule has 0 bridgehead atoms. The van der Waals surface area contributed by atoms with E-state index >= 15 is 0 Å². The van der Waals surface area contributed by atoms with Crippen LogP contribution in [0.3, 0.4) is 0 Å². The first kappa shape index (κ1) is 28.2. The van der Waals surface area contributed by atoms with Gasteiger partial charge in [-0.25, -0.2) is 0 Å². The summed E-state index contributed by atoms with van der Waals surface area (Å²) in [5.74, 6) is -5.00. The number of amides is 4. The maximum absolute atomic E-state index is 13.7. The first-order chi connectivity index (χ1) is 18.0. The minimum absolute atomic E-state index is 0.0911. The molecule has 13 heteroatoms. The number of fused-ring (bicyclic) bond motifs is 2. The molecule has 3 heterocycles. The Balaban J connectivity index is 1.66. The van der Waals surface area contributed by atoms with Gasteiger partial charge in [-0.1, -0.05) is 34.6 Å². The van der Waals surface area contributed by atoms with E-state index in [4.69, 9.17) is 5.73 Å². The molecule has 2 fully saturated rings. The van der Waals surface area contributed by atoms with E-state index in [-0.39, 0.29) is 23.8 Å². The quantitative estimate of drug-likeness (QED) is 0.502. The lowest BCUT2D eigenvalue weighted by Gasteiger charge is -2.38. The van der Waals surface area contributed by atoms with Crippen LogP contribution in [0.4, 0.5) is 13.2 Å². The number of aromatic nitrogens is 2. The van der Waals surface area contributed by atoms with Crippen LogP contribution >= 0.6 is 0 Å². The predicted octanol–water partition coefficient (Wildman–Crippen LogP) is 1.85. The smallest absolute Gasteiger partial charge is 0.368 e. The second-order valence-corrected chi connectivity index (χ2v) is 11.8. The highest BCUT2D eigenvalue weighted by atomic mass is 19.4. The van der Waals surface area contributed by atoms with Crippen molar-refractivity contribution in [1.29, 1.82) is 0 Å². The van der Waals surface area contributed by atoms with Crippen molar-refractivity contribution >= 4 is 34.4 Å². The van der Waals surface area contributed by atoms with Crippen molar-refractivity contribution in [2.45, 2.75) is 58.9 Å². The SMILES string of the molecule is CC(C)(C)C(NC(=O)C(F)(F)F)C(=O)N1C[C@H]2[C@@H]([C@H]1C(=O)NC(C(N)=O)c1cncc3ccncc13)C2(C)C. The Kier molecular flexibility index (Phi) is 6.85. The number of hydrogen-bond acceptors (Lipinski definition) is 6. The van der Waals surface area contributed by atoms with Crippen LogP contribution in [-0.2, 0) is 19.2 Å². The van der Waals surface area contributed by atoms with Gasteiger partial charge in [-0.15, -0.1) is 0 Å². The third kappa shape index (κ3) is 5.13. The minimum Gasteiger partial charge on any atom is -0.368 e. The summed E-state index contributed by atoms with van der Waals surface area (Å²) in [6.07, 6.45) is 0.829. The number of nitrogens with two attached hydrogens (primary N) is 1. The molecule has 0 radical (unpaired) electrons. The highest BCUT2D eigenvalue weighted by Gasteiger charge is 2.70. The van der Waals surface area contributed by atoms with Crippen LogP contribution in [0.2, 0.25) is 0 Å². The summed E-state index contributed by atoms with van der Waals surface area (Å²) in [7, 11) is 0. The summed E-state index contributed by atoms with van der Waals surface area (Å²) in [5.41, 5.74) is 4.56. The van der Waals surface area contributed by atoms with E-state index in [1.165, 1.54) is 38.1 Å². The fraction of sp³-hybridized carbons (Fsp3) is 0.538. The standard InChI is InChI=1S/C26H31F3N6O4/c1-24(2,3)19(34-23(39)26(27,28)29)22(38)35-11-15-16(25(15,4)5)18(35)21(37)33-17(20(30)36)14-10-32-8-12-6-7-31-9-13(12)14/h6-10,15-19H,11H2,1-5H3,(H2,30,36)(H,33,37)(H,34,39)/t15-,16-,17?,18-,19?/m0/s1. The number of piperidine rings is 1. The van der Waals surface area contributed by atoms with Crippen molar-refractivity contribution in [3.8, 4) is 0 Å². The molecule has 2 aromatic heterocycles. The molecule has 39 heavy (non-hydrogen) atoms. The van der Waals surface area contributed by atoms with Gasteiger partial charge in [0.1, 0.15) is 18.1 Å². The van der Waals surface area contributed by atoms with E-state index in [0.29, 0.717) is 16.3 Å². The Morgan fingerprint density at radius 1 is 1.08 bits per heavy atom. The zero-order valence-corrected chi connectivity index (χ0v) is 22.2. The summed E-state index contributed by atoms with van der Waals surface area (Å²) >= 11 is 0. The number of pyridine rings is 2. The van der Waals surface area contributed by atoms with Crippen LogP contribution in [0, 0.1) is 22.7 Å². The number of nitrogens with one attached hydrogen (secondary N) is 2. The molecule has 210 valence electrons. The van der Waals surface area contributed by atoms with Gasteiger partial charge in [0.25, 0.3) is 0 Å². The molecule has 5 atom stereocenters. The van der Waals surface area contributed by atoms with Gasteiger partial charge in [-0.05, 0) is 28.7 Å². The van der Waals surface area contributed by atoms with E-state index < -0.39 is 53.3 Å². The summed E-state index contributed by atoms with van der Waals surface area (Å²) in [4.78, 5) is 61.1. The number of carbonyl (C=O) groups is 4. The van der Waals surface area contributed by atoms with E-state index in [2.05, 4.69) is 15.3 Å². The van der Waals surface area contributed by atoms with Gasteiger partial charge in [-0.3, -0.25) is 29.1 Å². The first-order valence-corrected chi connectivity index (χ1v) is 12.4. The summed E-state index contributed by atoms with van der Waals surface area (Å²) in [6.45, 7) is 8.54. The average Bonchev–Trinajstić information content (AvgIpc) is 3.16. The summed E-state index contributed by atoms with van der Waals surface area (Å²) < 4.78 is 39.2. The molecule has 1 aliphatic heterocycles. The van der Waals surface area contributed by atoms with Gasteiger partial charge in [-0.2, -0.15) is 13.2 Å². The van der Waals surface area contributed by atoms with E-state index in [1.54, 1.807) is 18.5 Å². The molecule has 0 aromatic carbocycles. The highest BCUT2D eigenvalue weighted by Crippen LogP contribution is 2.65. The van der Waals surface area contributed by atoms with Gasteiger partial charge in [0.15, 0.2) is 0 Å². The number of alkyl halides is 3. The zero-order valence-electron chi connectivity index (χ0n) is 22.2. The molecular weight excluding hydrogens is 517 g/mol. The van der Waals surface area contributed by atoms with Crippen molar-refractivity contribution < 1.29 is 32.3 Å². The normalized spacial score (nSPS) is 23.5. The zero-order chi connectivity index (χ0) is 29.1. The lowest BCUT2D eigenvalue weighted by atomic mass is 9.85. The maximum Gasteiger partial charge on any atom is 0.471 e. The number of rotatable bonds is 6. The molecule has 4 amide bonds. The minimum atomic E-state index is -5.19. The van der Waals surface area contributed by atoms with E-state index in [1.807, 2.05) is 19.2 Å². The number of halogens is 3. The Morgan fingerprint density at radius 2 is 1.74 bits per heavy atom. The molecule has 1 saturated heterocycles. The van der Waals surface area contributed by atoms with Gasteiger partial charge in [0, 0.05) is 47.7 Å². The lowest BCUT2D eigenvalue weighted by Crippen LogP contribution is -2.61. The lowest BCUT2D eigenvalue weighted by molar-refractivity contribution is -0.176. The van der Waals surface area contributed by atoms with Crippen molar-refractivity contribution in [3.05, 3.63) is 36.4 Å². The summed E-state index contributed by atoms with van der Waals surface area (Å²) in [6, 6.07) is -2.27. The van der Waals surface area contributed by atoms with Gasteiger partial charge in [0.2, 0.25) is 17.7 Å². The number of carbonyl (C=O) groups excluding carboxylic acids is 4. The Morgan fingerprint density at radius 3 is 2.33 bits per heavy atom. The Bertz CT molecular complexity index is 1330. The Hall–Kier alpha value is -3.77. The fourth-order valence-corrected chi connectivity index (χ4v) is 5.63. The molecule has 0 spiro atoms. The molecule has 1 aliphatic carbocycles. The molecule has 1 saturated carbocycles. The highest BCUT2D eigenvalue weighted by molar-refractivity contribution is 5.98. The van der Waals surface area contributed by atoms with Crippen molar-refractivity contribution in [1.82, 2.24) is 25.5 Å². The maximum atomic E-state index is 13.7. The second kappa shape index (κ2) is 9.45. The van der Waals surface area contributed by atoms with Crippen LogP contribution in [0.25, 0.3) is 10.8 Å². The molecule has 2 aliphatic rings. The molecular formula is C26H31F3N6O4. The second-order valence-electron chi connectivity index (χ2n) is 11.8. The van der Waals surface area contributed by atoms with Gasteiger partial charge in [0.05, 0.1) is 0 Å². The van der Waals surface area contributed by atoms with Gasteiger partial charge < -0.3 is 21.3 Å². The number of hydrogen-bond donors (Lipinski definition) is 3. The fourth-order valence-electron chi connectivity index (χ4n) is 5.63. The monoisotopic (exact) mass is 548 g/mol. The molecule has 2 aromatic rings. The topological polar surface area (TPSA) is 147 Å². The Labute approximate surface area is 222 Å². The third-order valence-corrected chi connectivity index (χ3v) is 7.88. The van der Waals surface area contributed by atoms with E-state index in [0.717, 1.165) is 0 Å². The van der Waals surface area contributed by atoms with Gasteiger partial charge >= 0.3 is 12.1 Å².